The molecule has 0 atom stereocenters. The molecule has 0 saturated heterocycles. The average Bonchev–Trinajstić information content (AvgIpc) is 2.38. The molecule has 0 aromatic heterocycles. The first-order valence-electron chi connectivity index (χ1n) is 6.14. The number of methoxy groups -OCH3 is 1. The lowest BCUT2D eigenvalue weighted by Crippen LogP contribution is -2.19. The molecule has 0 bridgehead atoms. The van der Waals surface area contributed by atoms with Crippen LogP contribution in [0.15, 0.2) is 23.1 Å². The normalized spacial score (nSPS) is 10.8. The van der Waals surface area contributed by atoms with E-state index in [1.54, 1.807) is 6.07 Å². The molecule has 0 spiro atoms. The third kappa shape index (κ3) is 5.28. The highest BCUT2D eigenvalue weighted by molar-refractivity contribution is 7.89. The molecule has 0 aliphatic heterocycles. The van der Waals surface area contributed by atoms with Crippen molar-refractivity contribution >= 4 is 16.0 Å². The highest BCUT2D eigenvalue weighted by Crippen LogP contribution is 2.18. The van der Waals surface area contributed by atoms with Crippen molar-refractivity contribution in [2.45, 2.75) is 25.3 Å². The molecule has 0 radical (unpaired) electrons. The number of sulfonamides is 1. The van der Waals surface area contributed by atoms with Crippen LogP contribution in [0.3, 0.4) is 0 Å². The van der Waals surface area contributed by atoms with Crippen molar-refractivity contribution in [3.8, 4) is 0 Å². The van der Waals surface area contributed by atoms with Crippen LogP contribution >= 0.6 is 0 Å². The van der Waals surface area contributed by atoms with Crippen LogP contribution in [0.1, 0.15) is 29.8 Å². The summed E-state index contributed by atoms with van der Waals surface area (Å²) in [5.41, 5.74) is 0.694. The summed E-state index contributed by atoms with van der Waals surface area (Å²) in [5, 5.41) is 5.10. The first-order valence-corrected chi connectivity index (χ1v) is 7.69. The van der Waals surface area contributed by atoms with E-state index in [9.17, 15) is 13.2 Å². The molecule has 0 heterocycles. The van der Waals surface area contributed by atoms with Gasteiger partial charge in [-0.1, -0.05) is 19.9 Å². The summed E-state index contributed by atoms with van der Waals surface area (Å²) in [6, 6.07) is 4.47. The minimum absolute atomic E-state index is 0.0532. The number of hydrogen-bond donors (Lipinski definition) is 1. The Balaban J connectivity index is 0.00000172. The molecule has 0 amide bonds. The summed E-state index contributed by atoms with van der Waals surface area (Å²) in [4.78, 5) is 13.1. The Kier molecular flexibility index (Phi) is 7.41. The number of benzene rings is 1. The second kappa shape index (κ2) is 7.98. The Labute approximate surface area is 120 Å². The Morgan fingerprint density at radius 2 is 1.85 bits per heavy atom. The van der Waals surface area contributed by atoms with Gasteiger partial charge in [-0.05, 0) is 31.8 Å². The third-order valence-electron chi connectivity index (χ3n) is 2.26. The monoisotopic (exact) mass is 302 g/mol. The Bertz CT molecular complexity index is 553. The van der Waals surface area contributed by atoms with Gasteiger partial charge in [0, 0.05) is 6.54 Å². The zero-order chi connectivity index (χ0) is 15.9. The molecule has 1 rings (SSSR count). The minimum atomic E-state index is -3.97. The number of ether oxygens (including phenoxy) is 1. The fourth-order valence-electron chi connectivity index (χ4n) is 1.54. The van der Waals surface area contributed by atoms with Gasteiger partial charge in [0.15, 0.2) is 0 Å². The molecule has 0 unspecified atom stereocenters. The molecular formula is C13H22N2O4S. The van der Waals surface area contributed by atoms with Gasteiger partial charge in [-0.15, -0.1) is 0 Å². The smallest absolute Gasteiger partial charge is 0.339 e. The summed E-state index contributed by atoms with van der Waals surface area (Å²) < 4.78 is 27.5. The van der Waals surface area contributed by atoms with Crippen LogP contribution in [-0.4, -0.2) is 40.5 Å². The largest absolute Gasteiger partial charge is 0.465 e. The van der Waals surface area contributed by atoms with Crippen molar-refractivity contribution in [2.75, 3.05) is 21.2 Å². The summed E-state index contributed by atoms with van der Waals surface area (Å²) in [6.07, 6.45) is 0. The number of rotatable bonds is 4. The number of primary sulfonamides is 1. The second-order valence-corrected chi connectivity index (χ2v) is 5.63. The standard InChI is InChI=1S/C11H16N2O4S.C2H6/c1-13(2)7-8-4-5-9(11(14)17-3)10(6-8)18(12,15)16;1-2/h4-6H,7H2,1-3H3,(H2,12,15,16);1-2H3. The van der Waals surface area contributed by atoms with Gasteiger partial charge in [-0.2, -0.15) is 0 Å². The van der Waals surface area contributed by atoms with E-state index in [1.165, 1.54) is 19.2 Å². The molecule has 0 fully saturated rings. The van der Waals surface area contributed by atoms with Crippen molar-refractivity contribution < 1.29 is 17.9 Å². The number of esters is 1. The maximum absolute atomic E-state index is 11.5. The van der Waals surface area contributed by atoms with Crippen LogP contribution in [0.2, 0.25) is 0 Å². The SMILES string of the molecule is CC.COC(=O)c1ccc(CN(C)C)cc1S(N)(=O)=O. The predicted octanol–water partition coefficient (Wildman–Crippen LogP) is 1.21. The summed E-state index contributed by atoms with van der Waals surface area (Å²) in [6.45, 7) is 4.55. The topological polar surface area (TPSA) is 89.7 Å². The van der Waals surface area contributed by atoms with Crippen molar-refractivity contribution in [3.63, 3.8) is 0 Å². The summed E-state index contributed by atoms with van der Waals surface area (Å²) >= 11 is 0. The number of nitrogens with zero attached hydrogens (tertiary/aromatic N) is 1. The van der Waals surface area contributed by atoms with Gasteiger partial charge in [0.1, 0.15) is 0 Å². The minimum Gasteiger partial charge on any atom is -0.465 e. The Morgan fingerprint density at radius 3 is 2.25 bits per heavy atom. The first kappa shape index (κ1) is 18.6. The van der Waals surface area contributed by atoms with Crippen molar-refractivity contribution in [1.29, 1.82) is 0 Å². The van der Waals surface area contributed by atoms with Crippen molar-refractivity contribution in [2.24, 2.45) is 5.14 Å². The van der Waals surface area contributed by atoms with E-state index in [2.05, 4.69) is 4.74 Å². The quantitative estimate of drug-likeness (QED) is 0.844. The van der Waals surface area contributed by atoms with E-state index in [-0.39, 0.29) is 10.5 Å². The van der Waals surface area contributed by atoms with Gasteiger partial charge in [0.2, 0.25) is 10.0 Å². The Hall–Kier alpha value is -1.44. The van der Waals surface area contributed by atoms with E-state index >= 15 is 0 Å². The summed E-state index contributed by atoms with van der Waals surface area (Å²) in [5.74, 6) is -0.726. The number of carbonyl (C=O) groups excluding carboxylic acids is 1. The zero-order valence-electron chi connectivity index (χ0n) is 12.5. The maximum atomic E-state index is 11.5. The van der Waals surface area contributed by atoms with E-state index in [0.717, 1.165) is 5.56 Å². The molecule has 0 saturated carbocycles. The number of nitrogens with two attached hydrogens (primary N) is 1. The van der Waals surface area contributed by atoms with Crippen LogP contribution < -0.4 is 5.14 Å². The van der Waals surface area contributed by atoms with Gasteiger partial charge >= 0.3 is 5.97 Å². The predicted molar refractivity (Wildman–Crippen MR) is 77.9 cm³/mol. The molecule has 1 aromatic carbocycles. The summed E-state index contributed by atoms with van der Waals surface area (Å²) in [7, 11) is 0.921. The highest BCUT2D eigenvalue weighted by Gasteiger charge is 2.20. The molecule has 6 nitrogen and oxygen atoms in total. The van der Waals surface area contributed by atoms with Gasteiger partial charge in [-0.25, -0.2) is 18.4 Å². The van der Waals surface area contributed by atoms with Crippen LogP contribution in [0.25, 0.3) is 0 Å². The number of hydrogen-bond acceptors (Lipinski definition) is 5. The van der Waals surface area contributed by atoms with Gasteiger partial charge in [-0.3, -0.25) is 0 Å². The Morgan fingerprint density at radius 1 is 1.30 bits per heavy atom. The zero-order valence-corrected chi connectivity index (χ0v) is 13.3. The third-order valence-corrected chi connectivity index (χ3v) is 3.21. The first-order chi connectivity index (χ1) is 9.25. The van der Waals surface area contributed by atoms with Crippen molar-refractivity contribution in [3.05, 3.63) is 29.3 Å². The van der Waals surface area contributed by atoms with Crippen LogP contribution in [0.4, 0.5) is 0 Å². The van der Waals surface area contributed by atoms with E-state index in [0.29, 0.717) is 6.54 Å². The highest BCUT2D eigenvalue weighted by atomic mass is 32.2. The molecule has 2 N–H and O–H groups in total. The van der Waals surface area contributed by atoms with E-state index in [4.69, 9.17) is 5.14 Å². The molecule has 114 valence electrons. The fraction of sp³-hybridized carbons (Fsp3) is 0.462. The number of carbonyl (C=O) groups is 1. The molecule has 0 aliphatic carbocycles. The van der Waals surface area contributed by atoms with Crippen LogP contribution in [0.5, 0.6) is 0 Å². The molecule has 1 aromatic rings. The fourth-order valence-corrected chi connectivity index (χ4v) is 2.32. The van der Waals surface area contributed by atoms with Crippen molar-refractivity contribution in [1.82, 2.24) is 4.90 Å². The maximum Gasteiger partial charge on any atom is 0.339 e. The van der Waals surface area contributed by atoms with Gasteiger partial charge in [0.05, 0.1) is 17.6 Å². The van der Waals surface area contributed by atoms with Crippen LogP contribution in [-0.2, 0) is 21.3 Å². The van der Waals surface area contributed by atoms with Gasteiger partial charge < -0.3 is 9.64 Å². The molecule has 20 heavy (non-hydrogen) atoms. The lowest BCUT2D eigenvalue weighted by Gasteiger charge is -2.12. The van der Waals surface area contributed by atoms with E-state index in [1.807, 2.05) is 32.8 Å². The molecular weight excluding hydrogens is 280 g/mol. The molecule has 0 aliphatic rings. The molecule has 7 heteroatoms. The van der Waals surface area contributed by atoms with E-state index < -0.39 is 16.0 Å². The second-order valence-electron chi connectivity index (χ2n) is 4.10. The van der Waals surface area contributed by atoms with Gasteiger partial charge in [0.25, 0.3) is 0 Å². The lowest BCUT2D eigenvalue weighted by molar-refractivity contribution is 0.0596. The lowest BCUT2D eigenvalue weighted by atomic mass is 10.1. The average molecular weight is 302 g/mol. The van der Waals surface area contributed by atoms with Crippen LogP contribution in [0, 0.1) is 0 Å².